The first-order valence-electron chi connectivity index (χ1n) is 8.79. The third-order valence-corrected chi connectivity index (χ3v) is 5.26. The van der Waals surface area contributed by atoms with Crippen LogP contribution in [0.1, 0.15) is 11.1 Å². The van der Waals surface area contributed by atoms with Gasteiger partial charge in [0.2, 0.25) is 0 Å². The number of hydrogen-bond acceptors (Lipinski definition) is 3. The van der Waals surface area contributed by atoms with Gasteiger partial charge in [-0.05, 0) is 73.6 Å². The Morgan fingerprint density at radius 2 is 1.67 bits per heavy atom. The standard InChI is InChI=1S/C22H20N4S/c1-14-8-9-17(12-15(14)2)26(3)22(27)25-19-13-16-6-4-10-23-20(16)21-18(19)7-5-11-24-21/h4-13H,1-3H3,(H,25,27). The first kappa shape index (κ1) is 17.4. The van der Waals surface area contributed by atoms with Gasteiger partial charge < -0.3 is 10.2 Å². The van der Waals surface area contributed by atoms with E-state index in [1.165, 1.54) is 11.1 Å². The molecule has 1 N–H and O–H groups in total. The highest BCUT2D eigenvalue weighted by Gasteiger charge is 2.12. The first-order valence-corrected chi connectivity index (χ1v) is 9.20. The summed E-state index contributed by atoms with van der Waals surface area (Å²) in [7, 11) is 1.97. The zero-order chi connectivity index (χ0) is 19.0. The predicted octanol–water partition coefficient (Wildman–Crippen LogP) is 5.23. The van der Waals surface area contributed by atoms with Gasteiger partial charge in [0, 0.05) is 35.9 Å². The molecule has 27 heavy (non-hydrogen) atoms. The number of thiocarbonyl (C=S) groups is 1. The minimum Gasteiger partial charge on any atom is -0.332 e. The molecule has 4 aromatic rings. The highest BCUT2D eigenvalue weighted by Crippen LogP contribution is 2.29. The van der Waals surface area contributed by atoms with Crippen LogP contribution in [0.4, 0.5) is 11.4 Å². The molecule has 0 spiro atoms. The van der Waals surface area contributed by atoms with E-state index in [0.717, 1.165) is 33.2 Å². The second-order valence-electron chi connectivity index (χ2n) is 6.66. The van der Waals surface area contributed by atoms with Crippen molar-refractivity contribution >= 4 is 50.5 Å². The number of aryl methyl sites for hydroxylation is 2. The molecule has 0 atom stereocenters. The summed E-state index contributed by atoms with van der Waals surface area (Å²) in [6, 6.07) is 16.4. The molecule has 0 bridgehead atoms. The van der Waals surface area contributed by atoms with E-state index in [1.807, 2.05) is 36.2 Å². The normalized spacial score (nSPS) is 10.9. The van der Waals surface area contributed by atoms with Crippen molar-refractivity contribution in [1.29, 1.82) is 0 Å². The number of nitrogens with zero attached hydrogens (tertiary/aromatic N) is 3. The topological polar surface area (TPSA) is 41.0 Å². The SMILES string of the molecule is Cc1ccc(N(C)C(=S)Nc2cc3cccnc3c3ncccc23)cc1C. The lowest BCUT2D eigenvalue weighted by Crippen LogP contribution is -2.31. The van der Waals surface area contributed by atoms with Crippen LogP contribution in [0.5, 0.6) is 0 Å². The lowest BCUT2D eigenvalue weighted by molar-refractivity contribution is 1.24. The van der Waals surface area contributed by atoms with E-state index in [1.54, 1.807) is 12.4 Å². The van der Waals surface area contributed by atoms with Crippen molar-refractivity contribution in [2.75, 3.05) is 17.3 Å². The molecule has 134 valence electrons. The smallest absolute Gasteiger partial charge is 0.177 e. The molecule has 2 aromatic heterocycles. The quantitative estimate of drug-likeness (QED) is 0.385. The zero-order valence-corrected chi connectivity index (χ0v) is 16.3. The van der Waals surface area contributed by atoms with Crippen LogP contribution in [-0.2, 0) is 0 Å². The van der Waals surface area contributed by atoms with Crippen LogP contribution in [0.15, 0.2) is 60.9 Å². The third-order valence-electron chi connectivity index (χ3n) is 4.88. The number of aromatic nitrogens is 2. The molecule has 2 heterocycles. The summed E-state index contributed by atoms with van der Waals surface area (Å²) in [4.78, 5) is 11.0. The van der Waals surface area contributed by atoms with Gasteiger partial charge in [0.05, 0.1) is 16.7 Å². The van der Waals surface area contributed by atoms with Crippen LogP contribution in [0.3, 0.4) is 0 Å². The number of anilines is 2. The Kier molecular flexibility index (Phi) is 4.46. The molecule has 0 amide bonds. The van der Waals surface area contributed by atoms with E-state index in [9.17, 15) is 0 Å². The molecule has 0 saturated carbocycles. The van der Waals surface area contributed by atoms with Gasteiger partial charge in [-0.25, -0.2) is 0 Å². The molecule has 5 heteroatoms. The Hall–Kier alpha value is -3.05. The monoisotopic (exact) mass is 372 g/mol. The highest BCUT2D eigenvalue weighted by atomic mass is 32.1. The number of pyridine rings is 2. The second kappa shape index (κ2) is 6.93. The van der Waals surface area contributed by atoms with Gasteiger partial charge in [-0.3, -0.25) is 9.97 Å². The highest BCUT2D eigenvalue weighted by molar-refractivity contribution is 7.80. The lowest BCUT2D eigenvalue weighted by atomic mass is 10.1. The van der Waals surface area contributed by atoms with Crippen LogP contribution in [0.25, 0.3) is 21.8 Å². The summed E-state index contributed by atoms with van der Waals surface area (Å²) in [6.45, 7) is 4.22. The molecular weight excluding hydrogens is 352 g/mol. The summed E-state index contributed by atoms with van der Waals surface area (Å²) in [5.41, 5.74) is 6.26. The maximum Gasteiger partial charge on any atom is 0.177 e. The average Bonchev–Trinajstić information content (AvgIpc) is 2.69. The van der Waals surface area contributed by atoms with Crippen molar-refractivity contribution < 1.29 is 0 Å². The minimum absolute atomic E-state index is 0.631. The van der Waals surface area contributed by atoms with Gasteiger partial charge in [0.25, 0.3) is 0 Å². The van der Waals surface area contributed by atoms with Crippen LogP contribution in [0, 0.1) is 13.8 Å². The summed E-state index contributed by atoms with van der Waals surface area (Å²) in [5.74, 6) is 0. The number of fused-ring (bicyclic) bond motifs is 3. The van der Waals surface area contributed by atoms with Crippen molar-refractivity contribution in [1.82, 2.24) is 9.97 Å². The maximum absolute atomic E-state index is 5.68. The molecule has 0 aliphatic rings. The van der Waals surface area contributed by atoms with Gasteiger partial charge in [0.1, 0.15) is 0 Å². The van der Waals surface area contributed by atoms with E-state index in [2.05, 4.69) is 53.4 Å². The summed E-state index contributed by atoms with van der Waals surface area (Å²) < 4.78 is 0. The predicted molar refractivity (Wildman–Crippen MR) is 118 cm³/mol. The van der Waals surface area contributed by atoms with E-state index in [0.29, 0.717) is 5.11 Å². The van der Waals surface area contributed by atoms with Crippen molar-refractivity contribution in [3.63, 3.8) is 0 Å². The Morgan fingerprint density at radius 1 is 0.926 bits per heavy atom. The Morgan fingerprint density at radius 3 is 2.44 bits per heavy atom. The van der Waals surface area contributed by atoms with Gasteiger partial charge in [-0.1, -0.05) is 12.1 Å². The molecule has 0 saturated heterocycles. The van der Waals surface area contributed by atoms with Crippen molar-refractivity contribution in [2.24, 2.45) is 0 Å². The fourth-order valence-electron chi connectivity index (χ4n) is 3.13. The van der Waals surface area contributed by atoms with E-state index < -0.39 is 0 Å². The van der Waals surface area contributed by atoms with Crippen LogP contribution < -0.4 is 10.2 Å². The molecule has 4 rings (SSSR count). The third kappa shape index (κ3) is 3.22. The van der Waals surface area contributed by atoms with Crippen molar-refractivity contribution in [2.45, 2.75) is 13.8 Å². The largest absolute Gasteiger partial charge is 0.332 e. The molecule has 0 aliphatic heterocycles. The summed E-state index contributed by atoms with van der Waals surface area (Å²) in [5, 5.41) is 6.06. The molecular formula is C22H20N4S. The van der Waals surface area contributed by atoms with Gasteiger partial charge in [-0.2, -0.15) is 0 Å². The first-order chi connectivity index (χ1) is 13.0. The van der Waals surface area contributed by atoms with E-state index >= 15 is 0 Å². The number of benzene rings is 2. The zero-order valence-electron chi connectivity index (χ0n) is 15.5. The fraction of sp³-hybridized carbons (Fsp3) is 0.136. The fourth-order valence-corrected chi connectivity index (χ4v) is 3.35. The molecule has 4 nitrogen and oxygen atoms in total. The minimum atomic E-state index is 0.631. The lowest BCUT2D eigenvalue weighted by Gasteiger charge is -2.23. The molecule has 0 radical (unpaired) electrons. The number of nitrogens with one attached hydrogen (secondary N) is 1. The van der Waals surface area contributed by atoms with Crippen LogP contribution in [0.2, 0.25) is 0 Å². The van der Waals surface area contributed by atoms with Gasteiger partial charge in [0.15, 0.2) is 5.11 Å². The van der Waals surface area contributed by atoms with Gasteiger partial charge >= 0.3 is 0 Å². The van der Waals surface area contributed by atoms with E-state index in [-0.39, 0.29) is 0 Å². The molecule has 0 aliphatic carbocycles. The summed E-state index contributed by atoms with van der Waals surface area (Å²) in [6.07, 6.45) is 3.58. The van der Waals surface area contributed by atoms with Crippen molar-refractivity contribution in [3.8, 4) is 0 Å². The van der Waals surface area contributed by atoms with Crippen molar-refractivity contribution in [3.05, 3.63) is 72.1 Å². The molecule has 2 aromatic carbocycles. The number of rotatable bonds is 2. The second-order valence-corrected chi connectivity index (χ2v) is 7.04. The number of hydrogen-bond donors (Lipinski definition) is 1. The Balaban J connectivity index is 1.73. The van der Waals surface area contributed by atoms with E-state index in [4.69, 9.17) is 12.2 Å². The summed E-state index contributed by atoms with van der Waals surface area (Å²) >= 11 is 5.68. The Bertz CT molecular complexity index is 1170. The van der Waals surface area contributed by atoms with Crippen LogP contribution in [-0.4, -0.2) is 22.1 Å². The maximum atomic E-state index is 5.68. The Labute approximate surface area is 163 Å². The molecule has 0 fully saturated rings. The van der Waals surface area contributed by atoms with Crippen LogP contribution >= 0.6 is 12.2 Å². The molecule has 0 unspecified atom stereocenters. The average molecular weight is 372 g/mol. The van der Waals surface area contributed by atoms with Gasteiger partial charge in [-0.15, -0.1) is 0 Å².